The van der Waals surface area contributed by atoms with Crippen molar-refractivity contribution in [2.45, 2.75) is 27.2 Å². The van der Waals surface area contributed by atoms with Crippen LogP contribution in [0.5, 0.6) is 0 Å². The highest BCUT2D eigenvalue weighted by molar-refractivity contribution is 5.91. The van der Waals surface area contributed by atoms with E-state index in [1.807, 2.05) is 45.0 Å². The van der Waals surface area contributed by atoms with Gasteiger partial charge in [0, 0.05) is 6.54 Å². The van der Waals surface area contributed by atoms with Gasteiger partial charge < -0.3 is 10.4 Å². The first kappa shape index (κ1) is 14.6. The number of amides is 1. The summed E-state index contributed by atoms with van der Waals surface area (Å²) in [6, 6.07) is 8.06. The highest BCUT2D eigenvalue weighted by Gasteiger charge is 2.65. The second-order valence-corrected chi connectivity index (χ2v) is 6.08. The molecule has 2 unspecified atom stereocenters. The Kier molecular flexibility index (Phi) is 3.84. The molecule has 0 spiro atoms. The Balaban J connectivity index is 1.85. The number of hydrogen-bond donors (Lipinski definition) is 2. The van der Waals surface area contributed by atoms with Gasteiger partial charge in [-0.05, 0) is 29.9 Å². The van der Waals surface area contributed by atoms with E-state index >= 15 is 0 Å². The molecule has 2 rings (SSSR count). The molecule has 0 saturated heterocycles. The van der Waals surface area contributed by atoms with Gasteiger partial charge in [0.1, 0.15) is 0 Å². The zero-order valence-corrected chi connectivity index (χ0v) is 12.1. The molecule has 1 amide bonds. The molecule has 0 heterocycles. The molecule has 1 aromatic rings. The van der Waals surface area contributed by atoms with Gasteiger partial charge in [0.25, 0.3) is 0 Å². The van der Waals surface area contributed by atoms with Crippen LogP contribution in [0.15, 0.2) is 24.3 Å². The largest absolute Gasteiger partial charge is 0.481 e. The van der Waals surface area contributed by atoms with E-state index in [9.17, 15) is 9.59 Å². The summed E-state index contributed by atoms with van der Waals surface area (Å²) in [5.74, 6) is -1.98. The Hall–Kier alpha value is -1.84. The third-order valence-electron chi connectivity index (χ3n) is 4.33. The lowest BCUT2D eigenvalue weighted by Crippen LogP contribution is -2.29. The second-order valence-electron chi connectivity index (χ2n) is 6.08. The minimum atomic E-state index is -0.881. The van der Waals surface area contributed by atoms with E-state index in [2.05, 4.69) is 5.32 Å². The number of nitrogens with one attached hydrogen (secondary N) is 1. The number of carbonyl (C=O) groups excluding carboxylic acids is 1. The first-order valence-corrected chi connectivity index (χ1v) is 6.90. The Morgan fingerprint density at radius 2 is 1.90 bits per heavy atom. The van der Waals surface area contributed by atoms with Crippen molar-refractivity contribution in [3.8, 4) is 0 Å². The molecule has 1 saturated carbocycles. The van der Waals surface area contributed by atoms with Crippen LogP contribution in [-0.4, -0.2) is 23.5 Å². The fraction of sp³-hybridized carbons (Fsp3) is 0.500. The maximum atomic E-state index is 12.0. The topological polar surface area (TPSA) is 66.4 Å². The van der Waals surface area contributed by atoms with Crippen molar-refractivity contribution >= 4 is 11.9 Å². The first-order chi connectivity index (χ1) is 9.35. The molecule has 108 valence electrons. The van der Waals surface area contributed by atoms with Crippen LogP contribution in [0.25, 0.3) is 0 Å². The molecule has 0 bridgehead atoms. The van der Waals surface area contributed by atoms with Crippen molar-refractivity contribution in [2.75, 3.05) is 6.54 Å². The summed E-state index contributed by atoms with van der Waals surface area (Å²) < 4.78 is 0. The summed E-state index contributed by atoms with van der Waals surface area (Å²) in [4.78, 5) is 23.1. The number of benzene rings is 1. The van der Waals surface area contributed by atoms with Crippen molar-refractivity contribution in [3.63, 3.8) is 0 Å². The number of hydrogen-bond acceptors (Lipinski definition) is 2. The fourth-order valence-electron chi connectivity index (χ4n) is 2.91. The molecule has 1 fully saturated rings. The van der Waals surface area contributed by atoms with Crippen LogP contribution in [0, 0.1) is 24.2 Å². The van der Waals surface area contributed by atoms with Gasteiger partial charge in [-0.3, -0.25) is 9.59 Å². The second kappa shape index (κ2) is 5.27. The van der Waals surface area contributed by atoms with E-state index in [4.69, 9.17) is 5.11 Å². The van der Waals surface area contributed by atoms with Crippen LogP contribution >= 0.6 is 0 Å². The number of carboxylic acid groups (broad SMARTS) is 1. The minimum absolute atomic E-state index is 0.143. The highest BCUT2D eigenvalue weighted by Crippen LogP contribution is 2.58. The number of carbonyl (C=O) groups is 2. The van der Waals surface area contributed by atoms with Gasteiger partial charge in [-0.1, -0.05) is 38.1 Å². The average molecular weight is 275 g/mol. The van der Waals surface area contributed by atoms with Gasteiger partial charge in [-0.25, -0.2) is 0 Å². The van der Waals surface area contributed by atoms with E-state index in [-0.39, 0.29) is 5.91 Å². The van der Waals surface area contributed by atoms with Gasteiger partial charge >= 0.3 is 5.97 Å². The molecule has 0 radical (unpaired) electrons. The number of aryl methyl sites for hydroxylation is 1. The molecule has 2 N–H and O–H groups in total. The molecule has 2 atom stereocenters. The molecule has 0 aliphatic heterocycles. The third-order valence-corrected chi connectivity index (χ3v) is 4.33. The number of aliphatic carboxylic acids is 1. The predicted octanol–water partition coefficient (Wildman–Crippen LogP) is 2.01. The Morgan fingerprint density at radius 3 is 2.45 bits per heavy atom. The van der Waals surface area contributed by atoms with Crippen LogP contribution in [0.2, 0.25) is 0 Å². The van der Waals surface area contributed by atoms with Crippen LogP contribution in [-0.2, 0) is 16.0 Å². The Bertz CT molecular complexity index is 536. The maximum Gasteiger partial charge on any atom is 0.307 e. The fourth-order valence-corrected chi connectivity index (χ4v) is 2.91. The maximum absolute atomic E-state index is 12.0. The highest BCUT2D eigenvalue weighted by atomic mass is 16.4. The van der Waals surface area contributed by atoms with Gasteiger partial charge in [0.15, 0.2) is 0 Å². The summed E-state index contributed by atoms with van der Waals surface area (Å²) in [5, 5.41) is 11.9. The molecule has 4 heteroatoms. The van der Waals surface area contributed by atoms with Gasteiger partial charge in [-0.2, -0.15) is 0 Å². The summed E-state index contributed by atoms with van der Waals surface area (Å²) in [6.45, 7) is 6.25. The van der Waals surface area contributed by atoms with Crippen LogP contribution in [0.4, 0.5) is 0 Å². The molecular formula is C16H21NO3. The molecule has 4 nitrogen and oxygen atoms in total. The molecule has 1 aliphatic carbocycles. The summed E-state index contributed by atoms with van der Waals surface area (Å²) in [7, 11) is 0. The van der Waals surface area contributed by atoms with Crippen molar-refractivity contribution in [2.24, 2.45) is 17.3 Å². The van der Waals surface area contributed by atoms with Crippen LogP contribution < -0.4 is 5.32 Å². The zero-order valence-electron chi connectivity index (χ0n) is 12.1. The number of rotatable bonds is 5. The normalized spacial score (nSPS) is 23.1. The Labute approximate surface area is 119 Å². The molecule has 20 heavy (non-hydrogen) atoms. The standard InChI is InChI=1S/C16H21NO3/c1-10-6-4-5-7-11(10)8-9-17-14(18)12-13(15(19)20)16(12,2)3/h4-7,12-13H,8-9H2,1-3H3,(H,17,18)(H,19,20). The molecule has 1 aromatic carbocycles. The lowest BCUT2D eigenvalue weighted by molar-refractivity contribution is -0.140. The van der Waals surface area contributed by atoms with E-state index < -0.39 is 23.2 Å². The summed E-state index contributed by atoms with van der Waals surface area (Å²) >= 11 is 0. The van der Waals surface area contributed by atoms with E-state index in [1.54, 1.807) is 0 Å². The summed E-state index contributed by atoms with van der Waals surface area (Å²) in [6.07, 6.45) is 0.767. The van der Waals surface area contributed by atoms with Gasteiger partial charge in [-0.15, -0.1) is 0 Å². The van der Waals surface area contributed by atoms with Crippen molar-refractivity contribution in [3.05, 3.63) is 35.4 Å². The van der Waals surface area contributed by atoms with Crippen molar-refractivity contribution < 1.29 is 14.7 Å². The average Bonchev–Trinajstić information content (AvgIpc) is 2.95. The zero-order chi connectivity index (χ0) is 14.9. The predicted molar refractivity (Wildman–Crippen MR) is 76.3 cm³/mol. The lowest BCUT2D eigenvalue weighted by Gasteiger charge is -2.08. The summed E-state index contributed by atoms with van der Waals surface area (Å²) in [5.41, 5.74) is 1.98. The quantitative estimate of drug-likeness (QED) is 0.864. The Morgan fingerprint density at radius 1 is 1.25 bits per heavy atom. The smallest absolute Gasteiger partial charge is 0.307 e. The van der Waals surface area contributed by atoms with E-state index in [0.29, 0.717) is 6.54 Å². The van der Waals surface area contributed by atoms with E-state index in [0.717, 1.165) is 6.42 Å². The number of carboxylic acids is 1. The molecule has 0 aromatic heterocycles. The van der Waals surface area contributed by atoms with Gasteiger partial charge in [0.05, 0.1) is 11.8 Å². The molecular weight excluding hydrogens is 254 g/mol. The van der Waals surface area contributed by atoms with E-state index in [1.165, 1.54) is 11.1 Å². The minimum Gasteiger partial charge on any atom is -0.481 e. The first-order valence-electron chi connectivity index (χ1n) is 6.90. The van der Waals surface area contributed by atoms with Crippen LogP contribution in [0.1, 0.15) is 25.0 Å². The third kappa shape index (κ3) is 2.69. The lowest BCUT2D eigenvalue weighted by atomic mass is 10.1. The van der Waals surface area contributed by atoms with Crippen molar-refractivity contribution in [1.82, 2.24) is 5.32 Å². The SMILES string of the molecule is Cc1ccccc1CCNC(=O)C1C(C(=O)O)C1(C)C. The van der Waals surface area contributed by atoms with Crippen molar-refractivity contribution in [1.29, 1.82) is 0 Å². The monoisotopic (exact) mass is 275 g/mol. The molecule has 1 aliphatic rings. The van der Waals surface area contributed by atoms with Gasteiger partial charge in [0.2, 0.25) is 5.91 Å². The van der Waals surface area contributed by atoms with Crippen LogP contribution in [0.3, 0.4) is 0 Å².